The Labute approximate surface area is 144 Å². The van der Waals surface area contributed by atoms with Crippen LogP contribution in [0.25, 0.3) is 10.1 Å². The van der Waals surface area contributed by atoms with Crippen molar-refractivity contribution in [2.75, 3.05) is 0 Å². The first-order chi connectivity index (χ1) is 11.4. The Hall–Kier alpha value is -2.48. The molecule has 0 fully saturated rings. The van der Waals surface area contributed by atoms with Crippen LogP contribution in [0.3, 0.4) is 0 Å². The van der Waals surface area contributed by atoms with Crippen LogP contribution in [-0.2, 0) is 18.6 Å². The fraction of sp³-hybridized carbons (Fsp3) is 0.375. The van der Waals surface area contributed by atoms with Gasteiger partial charge in [0.1, 0.15) is 0 Å². The van der Waals surface area contributed by atoms with E-state index >= 15 is 0 Å². The van der Waals surface area contributed by atoms with Crippen LogP contribution in [0.5, 0.6) is 0 Å². The van der Waals surface area contributed by atoms with Crippen LogP contribution in [0.1, 0.15) is 32.2 Å². The summed E-state index contributed by atoms with van der Waals surface area (Å²) in [6.07, 6.45) is 0. The summed E-state index contributed by atoms with van der Waals surface area (Å²) < 4.78 is 1.20. The molecule has 2 N–H and O–H groups in total. The molecule has 0 unspecified atom stereocenters. The number of urea groups is 1. The van der Waals surface area contributed by atoms with E-state index in [1.807, 2.05) is 32.9 Å². The van der Waals surface area contributed by atoms with Gasteiger partial charge in [-0.3, -0.25) is 0 Å². The van der Waals surface area contributed by atoms with Crippen molar-refractivity contribution in [2.24, 2.45) is 0 Å². The average molecular weight is 344 g/mol. The van der Waals surface area contributed by atoms with E-state index < -0.39 is 0 Å². The van der Waals surface area contributed by atoms with Crippen LogP contribution >= 0.6 is 11.3 Å². The first kappa shape index (κ1) is 16.4. The van der Waals surface area contributed by atoms with Crippen LogP contribution in [-0.4, -0.2) is 26.2 Å². The van der Waals surface area contributed by atoms with Crippen LogP contribution in [0.4, 0.5) is 4.79 Å². The standard InChI is InChI=1S/C16H20N6OS/c1-16(2,3)22-20-13(19-21-22)10-18-15(23)17-9-12-6-4-5-11-7-8-24-14(11)12/h4-8H,9-10H2,1-3H3,(H2,17,18,23). The topological polar surface area (TPSA) is 84.7 Å². The number of thiophene rings is 1. The van der Waals surface area contributed by atoms with Crippen molar-refractivity contribution in [3.8, 4) is 0 Å². The van der Waals surface area contributed by atoms with Crippen molar-refractivity contribution in [3.63, 3.8) is 0 Å². The number of nitrogens with zero attached hydrogens (tertiary/aromatic N) is 4. The van der Waals surface area contributed by atoms with Crippen LogP contribution in [0.2, 0.25) is 0 Å². The Morgan fingerprint density at radius 1 is 1.21 bits per heavy atom. The largest absolute Gasteiger partial charge is 0.334 e. The van der Waals surface area contributed by atoms with E-state index in [1.54, 1.807) is 16.1 Å². The molecule has 0 saturated heterocycles. The Morgan fingerprint density at radius 2 is 2.00 bits per heavy atom. The third-order valence-corrected chi connectivity index (χ3v) is 4.47. The Kier molecular flexibility index (Phi) is 4.48. The molecular weight excluding hydrogens is 324 g/mol. The maximum atomic E-state index is 12.0. The monoisotopic (exact) mass is 344 g/mol. The molecule has 0 bridgehead atoms. The summed E-state index contributed by atoms with van der Waals surface area (Å²) in [5.41, 5.74) is 0.877. The maximum Gasteiger partial charge on any atom is 0.315 e. The van der Waals surface area contributed by atoms with Gasteiger partial charge in [0.2, 0.25) is 0 Å². The van der Waals surface area contributed by atoms with Gasteiger partial charge in [0, 0.05) is 11.2 Å². The highest BCUT2D eigenvalue weighted by molar-refractivity contribution is 7.17. The van der Waals surface area contributed by atoms with Gasteiger partial charge in [-0.2, -0.15) is 4.80 Å². The maximum absolute atomic E-state index is 12.0. The molecular formula is C16H20N6OS. The predicted octanol–water partition coefficient (Wildman–Crippen LogP) is 2.64. The molecule has 3 aromatic rings. The SMILES string of the molecule is CC(C)(C)n1nnc(CNC(=O)NCc2cccc3ccsc23)n1. The second kappa shape index (κ2) is 6.56. The van der Waals surface area contributed by atoms with E-state index in [0.29, 0.717) is 12.4 Å². The number of aromatic nitrogens is 4. The van der Waals surface area contributed by atoms with Crippen LogP contribution in [0.15, 0.2) is 29.6 Å². The third kappa shape index (κ3) is 3.70. The van der Waals surface area contributed by atoms with E-state index in [2.05, 4.69) is 43.6 Å². The fourth-order valence-corrected chi connectivity index (χ4v) is 3.10. The summed E-state index contributed by atoms with van der Waals surface area (Å²) in [5, 5.41) is 21.1. The molecule has 0 atom stereocenters. The number of amides is 2. The lowest BCUT2D eigenvalue weighted by atomic mass is 10.1. The first-order valence-corrected chi connectivity index (χ1v) is 8.57. The van der Waals surface area contributed by atoms with Crippen molar-refractivity contribution in [2.45, 2.75) is 39.4 Å². The highest BCUT2D eigenvalue weighted by atomic mass is 32.1. The highest BCUT2D eigenvalue weighted by Gasteiger charge is 2.17. The van der Waals surface area contributed by atoms with Gasteiger partial charge in [-0.15, -0.1) is 21.5 Å². The van der Waals surface area contributed by atoms with Crippen molar-refractivity contribution in [1.82, 2.24) is 30.8 Å². The van der Waals surface area contributed by atoms with Crippen molar-refractivity contribution >= 4 is 27.5 Å². The number of fused-ring (bicyclic) bond motifs is 1. The second-order valence-corrected chi connectivity index (χ2v) is 7.37. The zero-order chi connectivity index (χ0) is 17.2. The number of hydrogen-bond acceptors (Lipinski definition) is 5. The molecule has 2 heterocycles. The summed E-state index contributed by atoms with van der Waals surface area (Å²) in [4.78, 5) is 13.5. The van der Waals surface area contributed by atoms with Gasteiger partial charge in [0.15, 0.2) is 5.82 Å². The Balaban J connectivity index is 1.53. The minimum Gasteiger partial charge on any atom is -0.334 e. The minimum absolute atomic E-state index is 0.229. The van der Waals surface area contributed by atoms with E-state index in [1.165, 1.54) is 10.1 Å². The molecule has 0 aliphatic carbocycles. The zero-order valence-electron chi connectivity index (χ0n) is 13.9. The lowest BCUT2D eigenvalue weighted by Crippen LogP contribution is -2.35. The molecule has 0 spiro atoms. The molecule has 2 amide bonds. The molecule has 0 radical (unpaired) electrons. The van der Waals surface area contributed by atoms with E-state index in [9.17, 15) is 4.79 Å². The molecule has 0 aliphatic heterocycles. The lowest BCUT2D eigenvalue weighted by molar-refractivity contribution is 0.240. The van der Waals surface area contributed by atoms with Gasteiger partial charge >= 0.3 is 6.03 Å². The molecule has 24 heavy (non-hydrogen) atoms. The van der Waals surface area contributed by atoms with Crippen molar-refractivity contribution in [3.05, 3.63) is 41.0 Å². The minimum atomic E-state index is -0.254. The number of carbonyl (C=O) groups is 1. The smallest absolute Gasteiger partial charge is 0.315 e. The average Bonchev–Trinajstić information content (AvgIpc) is 3.19. The van der Waals surface area contributed by atoms with E-state index in [-0.39, 0.29) is 18.1 Å². The summed E-state index contributed by atoms with van der Waals surface area (Å²) in [6.45, 7) is 6.69. The van der Waals surface area contributed by atoms with Crippen molar-refractivity contribution < 1.29 is 4.79 Å². The number of nitrogens with one attached hydrogen (secondary N) is 2. The number of tetrazole rings is 1. The summed E-state index contributed by atoms with van der Waals surface area (Å²) in [7, 11) is 0. The first-order valence-electron chi connectivity index (χ1n) is 7.70. The number of hydrogen-bond donors (Lipinski definition) is 2. The molecule has 3 rings (SSSR count). The second-order valence-electron chi connectivity index (χ2n) is 6.46. The molecule has 8 heteroatoms. The highest BCUT2D eigenvalue weighted by Crippen LogP contribution is 2.24. The van der Waals surface area contributed by atoms with E-state index in [0.717, 1.165) is 5.56 Å². The quantitative estimate of drug-likeness (QED) is 0.762. The third-order valence-electron chi connectivity index (χ3n) is 3.46. The summed E-state index contributed by atoms with van der Waals surface area (Å²) >= 11 is 1.68. The van der Waals surface area contributed by atoms with Crippen molar-refractivity contribution in [1.29, 1.82) is 0 Å². The molecule has 2 aromatic heterocycles. The lowest BCUT2D eigenvalue weighted by Gasteiger charge is -2.15. The van der Waals surface area contributed by atoms with E-state index in [4.69, 9.17) is 0 Å². The zero-order valence-corrected chi connectivity index (χ0v) is 14.7. The number of carbonyl (C=O) groups excluding carboxylic acids is 1. The van der Waals surface area contributed by atoms with Gasteiger partial charge in [-0.25, -0.2) is 4.79 Å². The van der Waals surface area contributed by atoms with Gasteiger partial charge in [0.05, 0.1) is 12.1 Å². The number of benzene rings is 1. The van der Waals surface area contributed by atoms with Crippen LogP contribution in [0, 0.1) is 0 Å². The predicted molar refractivity (Wildman–Crippen MR) is 93.7 cm³/mol. The Bertz CT molecular complexity index is 847. The molecule has 0 aliphatic rings. The fourth-order valence-electron chi connectivity index (χ4n) is 2.19. The van der Waals surface area contributed by atoms with Gasteiger partial charge in [-0.05, 0) is 48.4 Å². The molecule has 7 nitrogen and oxygen atoms in total. The molecule has 0 saturated carbocycles. The van der Waals surface area contributed by atoms with Gasteiger partial charge < -0.3 is 10.6 Å². The molecule has 1 aromatic carbocycles. The molecule has 126 valence electrons. The normalized spacial score (nSPS) is 11.6. The summed E-state index contributed by atoms with van der Waals surface area (Å²) in [6, 6.07) is 7.91. The number of rotatable bonds is 4. The Morgan fingerprint density at radius 3 is 2.75 bits per heavy atom. The van der Waals surface area contributed by atoms with Gasteiger partial charge in [-0.1, -0.05) is 18.2 Å². The summed E-state index contributed by atoms with van der Waals surface area (Å²) in [5.74, 6) is 0.487. The van der Waals surface area contributed by atoms with Crippen LogP contribution < -0.4 is 10.6 Å². The van der Waals surface area contributed by atoms with Gasteiger partial charge in [0.25, 0.3) is 0 Å².